The zero-order valence-electron chi connectivity index (χ0n) is 13.8. The molecule has 0 aromatic carbocycles. The Morgan fingerprint density at radius 3 is 2.32 bits per heavy atom. The van der Waals surface area contributed by atoms with Crippen LogP contribution < -0.4 is 0 Å². The molecule has 0 saturated carbocycles. The number of ketones is 1. The van der Waals surface area contributed by atoms with E-state index in [9.17, 15) is 19.5 Å². The quantitative estimate of drug-likeness (QED) is 0.520. The average molecular weight is 329 g/mol. The van der Waals surface area contributed by atoms with Crippen molar-refractivity contribution in [2.75, 3.05) is 5.75 Å². The molecule has 0 aromatic rings. The molecule has 1 atom stereocenters. The van der Waals surface area contributed by atoms with Crippen LogP contribution in [-0.4, -0.2) is 44.3 Å². The third kappa shape index (κ3) is 5.00. The highest BCUT2D eigenvalue weighted by Crippen LogP contribution is 2.39. The average Bonchev–Trinajstić information content (AvgIpc) is 2.77. The number of Topliss-reactive ketones (excluding diaryl/α,β-unsaturated/α-hetero) is 1. The van der Waals surface area contributed by atoms with Gasteiger partial charge in [-0.2, -0.15) is 0 Å². The highest BCUT2D eigenvalue weighted by atomic mass is 32.2. The first-order valence-electron chi connectivity index (χ1n) is 8.04. The Balaban J connectivity index is 2.50. The van der Waals surface area contributed by atoms with Crippen molar-refractivity contribution in [3.8, 4) is 0 Å². The lowest BCUT2D eigenvalue weighted by atomic mass is 10.1. The van der Waals surface area contributed by atoms with Crippen molar-refractivity contribution < 1.29 is 19.5 Å². The standard InChI is InChI=1S/C16H27NO4S/c1-4-5-6-7-8-9-10-13(18)14(19)17-12(15(20)21)11-22-16(17,2)3/h12H,4-11H2,1-3H3,(H,20,21)/t12-/m0/s1. The van der Waals surface area contributed by atoms with Gasteiger partial charge in [0.2, 0.25) is 5.78 Å². The van der Waals surface area contributed by atoms with Crippen molar-refractivity contribution >= 4 is 29.4 Å². The third-order valence-corrected chi connectivity index (χ3v) is 5.37. The molecule has 1 aliphatic heterocycles. The summed E-state index contributed by atoms with van der Waals surface area (Å²) in [5.74, 6) is -1.81. The van der Waals surface area contributed by atoms with Gasteiger partial charge in [-0.3, -0.25) is 9.59 Å². The molecule has 1 saturated heterocycles. The lowest BCUT2D eigenvalue weighted by molar-refractivity contribution is -0.154. The molecule has 0 radical (unpaired) electrons. The molecule has 1 N–H and O–H groups in total. The Morgan fingerprint density at radius 2 is 1.73 bits per heavy atom. The van der Waals surface area contributed by atoms with Crippen LogP contribution in [0.15, 0.2) is 0 Å². The molecule has 1 aliphatic rings. The number of rotatable bonds is 9. The lowest BCUT2D eigenvalue weighted by Gasteiger charge is -2.32. The van der Waals surface area contributed by atoms with Crippen molar-refractivity contribution in [3.63, 3.8) is 0 Å². The van der Waals surface area contributed by atoms with Crippen LogP contribution in [-0.2, 0) is 14.4 Å². The molecule has 0 bridgehead atoms. The van der Waals surface area contributed by atoms with Crippen LogP contribution in [0.1, 0.15) is 65.7 Å². The first-order valence-corrected chi connectivity index (χ1v) is 9.03. The van der Waals surface area contributed by atoms with E-state index in [1.165, 1.54) is 29.5 Å². The molecule has 0 spiro atoms. The van der Waals surface area contributed by atoms with Gasteiger partial charge in [0.25, 0.3) is 5.91 Å². The van der Waals surface area contributed by atoms with E-state index >= 15 is 0 Å². The van der Waals surface area contributed by atoms with Gasteiger partial charge in [-0.1, -0.05) is 39.0 Å². The molecular weight excluding hydrogens is 302 g/mol. The first-order chi connectivity index (χ1) is 10.3. The van der Waals surface area contributed by atoms with Gasteiger partial charge in [0, 0.05) is 12.2 Å². The summed E-state index contributed by atoms with van der Waals surface area (Å²) >= 11 is 1.40. The maximum absolute atomic E-state index is 12.3. The van der Waals surface area contributed by atoms with Gasteiger partial charge < -0.3 is 10.0 Å². The molecule has 22 heavy (non-hydrogen) atoms. The first kappa shape index (κ1) is 19.0. The summed E-state index contributed by atoms with van der Waals surface area (Å²) in [4.78, 5) is 36.3. The number of nitrogens with zero attached hydrogens (tertiary/aromatic N) is 1. The highest BCUT2D eigenvalue weighted by Gasteiger charge is 2.48. The van der Waals surface area contributed by atoms with E-state index in [1.807, 2.05) is 0 Å². The van der Waals surface area contributed by atoms with Gasteiger partial charge >= 0.3 is 5.97 Å². The SMILES string of the molecule is CCCCCCCCC(=O)C(=O)N1[C@H](C(=O)O)CSC1(C)C. The van der Waals surface area contributed by atoms with Crippen molar-refractivity contribution in [1.82, 2.24) is 4.90 Å². The summed E-state index contributed by atoms with van der Waals surface area (Å²) in [5.41, 5.74) is 0. The Kier molecular flexibility index (Phi) is 7.39. The van der Waals surface area contributed by atoms with Crippen molar-refractivity contribution in [3.05, 3.63) is 0 Å². The number of carbonyl (C=O) groups is 3. The molecule has 0 unspecified atom stereocenters. The van der Waals surface area contributed by atoms with Crippen LogP contribution in [0.25, 0.3) is 0 Å². The Labute approximate surface area is 136 Å². The normalized spacial score (nSPS) is 20.1. The van der Waals surface area contributed by atoms with Crippen LogP contribution in [0, 0.1) is 0 Å². The van der Waals surface area contributed by atoms with Gasteiger partial charge in [-0.05, 0) is 20.3 Å². The van der Waals surface area contributed by atoms with Gasteiger partial charge in [-0.15, -0.1) is 11.8 Å². The maximum atomic E-state index is 12.3. The Morgan fingerprint density at radius 1 is 1.14 bits per heavy atom. The van der Waals surface area contributed by atoms with Crippen LogP contribution >= 0.6 is 11.8 Å². The van der Waals surface area contributed by atoms with E-state index < -0.39 is 28.6 Å². The van der Waals surface area contributed by atoms with Gasteiger partial charge in [0.05, 0.1) is 4.87 Å². The molecule has 1 fully saturated rings. The molecule has 5 nitrogen and oxygen atoms in total. The van der Waals surface area contributed by atoms with E-state index in [0.717, 1.165) is 19.3 Å². The molecule has 1 rings (SSSR count). The monoisotopic (exact) mass is 329 g/mol. The minimum absolute atomic E-state index is 0.217. The summed E-state index contributed by atoms with van der Waals surface area (Å²) in [5, 5.41) is 9.22. The number of carboxylic acid groups (broad SMARTS) is 1. The molecule has 6 heteroatoms. The molecule has 0 aliphatic carbocycles. The fourth-order valence-corrected chi connectivity index (χ4v) is 3.88. The number of unbranched alkanes of at least 4 members (excludes halogenated alkanes) is 5. The van der Waals surface area contributed by atoms with Crippen LogP contribution in [0.3, 0.4) is 0 Å². The number of amides is 1. The number of hydrogen-bond acceptors (Lipinski definition) is 4. The van der Waals surface area contributed by atoms with Crippen molar-refractivity contribution in [2.45, 2.75) is 76.6 Å². The topological polar surface area (TPSA) is 74.7 Å². The summed E-state index contributed by atoms with van der Waals surface area (Å²) in [7, 11) is 0. The Hall–Kier alpha value is -1.04. The zero-order chi connectivity index (χ0) is 16.8. The van der Waals surface area contributed by atoms with E-state index in [0.29, 0.717) is 12.2 Å². The van der Waals surface area contributed by atoms with Gasteiger partial charge in [0.15, 0.2) is 0 Å². The lowest BCUT2D eigenvalue weighted by Crippen LogP contribution is -2.52. The van der Waals surface area contributed by atoms with Crippen molar-refractivity contribution in [1.29, 1.82) is 0 Å². The third-order valence-electron chi connectivity index (χ3n) is 3.99. The smallest absolute Gasteiger partial charge is 0.327 e. The maximum Gasteiger partial charge on any atom is 0.327 e. The number of aliphatic carboxylic acids is 1. The summed E-state index contributed by atoms with van der Waals surface area (Å²) < 4.78 is 0. The molecule has 1 amide bonds. The minimum atomic E-state index is -1.04. The largest absolute Gasteiger partial charge is 0.480 e. The molecule has 126 valence electrons. The molecule has 1 heterocycles. The molecule has 0 aromatic heterocycles. The highest BCUT2D eigenvalue weighted by molar-refractivity contribution is 8.00. The number of carbonyl (C=O) groups excluding carboxylic acids is 2. The number of hydrogen-bond donors (Lipinski definition) is 1. The van der Waals surface area contributed by atoms with Crippen LogP contribution in [0.5, 0.6) is 0 Å². The summed E-state index contributed by atoms with van der Waals surface area (Å²) in [6.07, 6.45) is 6.48. The molecular formula is C16H27NO4S. The minimum Gasteiger partial charge on any atom is -0.480 e. The zero-order valence-corrected chi connectivity index (χ0v) is 14.6. The van der Waals surface area contributed by atoms with E-state index in [2.05, 4.69) is 6.92 Å². The van der Waals surface area contributed by atoms with E-state index in [-0.39, 0.29) is 6.42 Å². The van der Waals surface area contributed by atoms with E-state index in [4.69, 9.17) is 0 Å². The van der Waals surface area contributed by atoms with Crippen LogP contribution in [0.4, 0.5) is 0 Å². The predicted molar refractivity (Wildman–Crippen MR) is 87.8 cm³/mol. The van der Waals surface area contributed by atoms with Gasteiger partial charge in [0.1, 0.15) is 6.04 Å². The van der Waals surface area contributed by atoms with Crippen molar-refractivity contribution in [2.24, 2.45) is 0 Å². The fourth-order valence-electron chi connectivity index (χ4n) is 2.68. The second kappa shape index (κ2) is 8.56. The fraction of sp³-hybridized carbons (Fsp3) is 0.812. The summed E-state index contributed by atoms with van der Waals surface area (Å²) in [6, 6.07) is -0.902. The van der Waals surface area contributed by atoms with Crippen LogP contribution in [0.2, 0.25) is 0 Å². The number of carboxylic acids is 1. The number of thioether (sulfide) groups is 1. The van der Waals surface area contributed by atoms with E-state index in [1.54, 1.807) is 13.8 Å². The second-order valence-corrected chi connectivity index (χ2v) is 7.85. The summed E-state index contributed by atoms with van der Waals surface area (Å²) in [6.45, 7) is 5.73. The predicted octanol–water partition coefficient (Wildman–Crippen LogP) is 3.07. The Bertz CT molecular complexity index is 422. The second-order valence-electron chi connectivity index (χ2n) is 6.23. The van der Waals surface area contributed by atoms with Gasteiger partial charge in [-0.25, -0.2) is 4.79 Å².